The maximum atomic E-state index is 13.9. The fourth-order valence-electron chi connectivity index (χ4n) is 5.61. The van der Waals surface area contributed by atoms with Crippen LogP contribution in [-0.4, -0.2) is 125 Å². The van der Waals surface area contributed by atoms with Gasteiger partial charge < -0.3 is 34.3 Å². The summed E-state index contributed by atoms with van der Waals surface area (Å²) in [6.07, 6.45) is -1.60. The second kappa shape index (κ2) is 14.2. The largest absolute Gasteiger partial charge is 0.464 e. The minimum absolute atomic E-state index is 0.00975. The fourth-order valence-corrected chi connectivity index (χ4v) is 7.10. The SMILES string of the molecule is COC(=O)c1cccc(-c2cn([C@H]3COC[C@@H](S[C@@H]4O[C@H](CO)[C@H](O)[C@H](n5cc(-c6cc(F)c(F)c(F)c6)nn5)[C@H]4OC)[C@@H]3O)nn2)n1. The molecule has 2 saturated heterocycles. The Morgan fingerprint density at radius 2 is 1.71 bits per heavy atom. The Labute approximate surface area is 274 Å². The summed E-state index contributed by atoms with van der Waals surface area (Å²) >= 11 is 1.15. The molecule has 0 radical (unpaired) electrons. The lowest BCUT2D eigenvalue weighted by Gasteiger charge is -2.45. The van der Waals surface area contributed by atoms with Gasteiger partial charge in [-0.15, -0.1) is 22.0 Å². The predicted octanol–water partition coefficient (Wildman–Crippen LogP) is 1.17. The van der Waals surface area contributed by atoms with E-state index in [0.717, 1.165) is 23.9 Å². The zero-order valence-electron chi connectivity index (χ0n) is 25.3. The van der Waals surface area contributed by atoms with Crippen LogP contribution in [0.3, 0.4) is 0 Å². The molecule has 3 aromatic heterocycles. The molecular weight excluding hydrogens is 663 g/mol. The second-order valence-electron chi connectivity index (χ2n) is 11.0. The van der Waals surface area contributed by atoms with Crippen LogP contribution in [0, 0.1) is 17.5 Å². The van der Waals surface area contributed by atoms with Crippen molar-refractivity contribution in [2.24, 2.45) is 0 Å². The van der Waals surface area contributed by atoms with Crippen molar-refractivity contribution >= 4 is 17.7 Å². The van der Waals surface area contributed by atoms with E-state index in [9.17, 15) is 33.3 Å². The molecular formula is C29H30F3N7O8S. The number of carbonyl (C=O) groups is 1. The number of ether oxygens (including phenoxy) is 4. The molecule has 5 heterocycles. The number of rotatable bonds is 9. The van der Waals surface area contributed by atoms with E-state index in [0.29, 0.717) is 11.4 Å². The van der Waals surface area contributed by atoms with Crippen molar-refractivity contribution in [3.63, 3.8) is 0 Å². The summed E-state index contributed by atoms with van der Waals surface area (Å²) in [5.41, 5.74) is -0.192. The lowest BCUT2D eigenvalue weighted by atomic mass is 9.97. The molecule has 2 aliphatic rings. The molecule has 2 fully saturated rings. The topological polar surface area (TPSA) is 189 Å². The number of aliphatic hydroxyl groups excluding tert-OH is 3. The van der Waals surface area contributed by atoms with Crippen molar-refractivity contribution < 1.29 is 52.2 Å². The summed E-state index contributed by atoms with van der Waals surface area (Å²) in [4.78, 5) is 16.2. The molecule has 15 nitrogen and oxygen atoms in total. The second-order valence-corrected chi connectivity index (χ2v) is 12.3. The highest BCUT2D eigenvalue weighted by atomic mass is 32.2. The van der Waals surface area contributed by atoms with Gasteiger partial charge in [0.05, 0.1) is 56.4 Å². The minimum Gasteiger partial charge on any atom is -0.464 e. The van der Waals surface area contributed by atoms with Gasteiger partial charge in [-0.05, 0) is 24.3 Å². The van der Waals surface area contributed by atoms with Crippen LogP contribution in [-0.2, 0) is 18.9 Å². The molecule has 256 valence electrons. The molecule has 0 unspecified atom stereocenters. The standard InChI is InChI=1S/C29H30F3N7O8S/c1-44-27-24(39-8-18(34-37-39)13-6-14(30)23(32)15(31)7-13)26(42)21(10-40)47-29(27)48-22-12-46-11-20(25(22)41)38-9-19(35-36-38)16-4-3-5-17(33-16)28(43)45-2/h3-9,20-22,24-27,29,40-42H,10-12H2,1-2H3/t20-,21+,22+,24-,25+,26-,27+,29-/m0/s1. The van der Waals surface area contributed by atoms with Gasteiger partial charge >= 0.3 is 5.97 Å². The number of carbonyl (C=O) groups excluding carboxylic acids is 1. The lowest BCUT2D eigenvalue weighted by Crippen LogP contribution is -2.56. The number of pyridine rings is 1. The first-order valence-corrected chi connectivity index (χ1v) is 15.5. The van der Waals surface area contributed by atoms with Gasteiger partial charge in [-0.1, -0.05) is 16.5 Å². The van der Waals surface area contributed by atoms with E-state index in [-0.39, 0.29) is 30.2 Å². The summed E-state index contributed by atoms with van der Waals surface area (Å²) in [7, 11) is 2.62. The van der Waals surface area contributed by atoms with Gasteiger partial charge in [0.2, 0.25) is 0 Å². The van der Waals surface area contributed by atoms with Crippen LogP contribution < -0.4 is 0 Å². The summed E-state index contributed by atoms with van der Waals surface area (Å²) in [5, 5.41) is 48.3. The van der Waals surface area contributed by atoms with Crippen LogP contribution in [0.5, 0.6) is 0 Å². The molecule has 0 amide bonds. The van der Waals surface area contributed by atoms with Gasteiger partial charge in [-0.2, -0.15) is 0 Å². The van der Waals surface area contributed by atoms with Crippen molar-refractivity contribution in [1.29, 1.82) is 0 Å². The van der Waals surface area contributed by atoms with Gasteiger partial charge in [0.1, 0.15) is 52.9 Å². The van der Waals surface area contributed by atoms with Gasteiger partial charge in [-0.3, -0.25) is 0 Å². The number of methoxy groups -OCH3 is 2. The smallest absolute Gasteiger partial charge is 0.356 e. The van der Waals surface area contributed by atoms with Crippen molar-refractivity contribution in [3.05, 3.63) is 65.9 Å². The molecule has 4 aromatic rings. The molecule has 8 atom stereocenters. The number of aromatic nitrogens is 7. The molecule has 0 bridgehead atoms. The number of halogens is 3. The van der Waals surface area contributed by atoms with Crippen LogP contribution in [0.1, 0.15) is 22.6 Å². The number of hydrogen-bond donors (Lipinski definition) is 3. The third kappa shape index (κ3) is 6.53. The first-order chi connectivity index (χ1) is 23.1. The van der Waals surface area contributed by atoms with Crippen LogP contribution in [0.15, 0.2) is 42.7 Å². The molecule has 2 aliphatic heterocycles. The Kier molecular flexibility index (Phi) is 10.1. The van der Waals surface area contributed by atoms with E-state index in [2.05, 4.69) is 25.6 Å². The minimum atomic E-state index is -1.63. The molecule has 48 heavy (non-hydrogen) atoms. The van der Waals surface area contributed by atoms with Crippen LogP contribution >= 0.6 is 11.8 Å². The maximum Gasteiger partial charge on any atom is 0.356 e. The van der Waals surface area contributed by atoms with Gasteiger partial charge in [0.25, 0.3) is 0 Å². The molecule has 6 rings (SSSR count). The molecule has 0 aliphatic carbocycles. The van der Waals surface area contributed by atoms with E-state index < -0.39 is 77.2 Å². The molecule has 1 aromatic carbocycles. The molecule has 0 spiro atoms. The van der Waals surface area contributed by atoms with Gasteiger partial charge in [0.15, 0.2) is 17.5 Å². The van der Waals surface area contributed by atoms with Crippen molar-refractivity contribution in [2.75, 3.05) is 34.0 Å². The predicted molar refractivity (Wildman–Crippen MR) is 159 cm³/mol. The van der Waals surface area contributed by atoms with Crippen LogP contribution in [0.25, 0.3) is 22.6 Å². The average Bonchev–Trinajstić information content (AvgIpc) is 3.79. The normalized spacial score (nSPS) is 27.6. The summed E-state index contributed by atoms with van der Waals surface area (Å²) < 4.78 is 66.3. The van der Waals surface area contributed by atoms with E-state index in [1.165, 1.54) is 35.8 Å². The molecule has 3 N–H and O–H groups in total. The zero-order valence-corrected chi connectivity index (χ0v) is 26.2. The number of nitrogens with zero attached hydrogens (tertiary/aromatic N) is 7. The lowest BCUT2D eigenvalue weighted by molar-refractivity contribution is -0.186. The number of thioether (sulfide) groups is 1. The highest BCUT2D eigenvalue weighted by Crippen LogP contribution is 2.41. The molecule has 0 saturated carbocycles. The van der Waals surface area contributed by atoms with Gasteiger partial charge in [-0.25, -0.2) is 32.3 Å². The fraction of sp³-hybridized carbons (Fsp3) is 0.448. The Bertz CT molecular complexity index is 1740. The number of aliphatic hydroxyl groups is 3. The quantitative estimate of drug-likeness (QED) is 0.167. The number of hydrogen-bond acceptors (Lipinski definition) is 14. The van der Waals surface area contributed by atoms with Gasteiger partial charge in [0, 0.05) is 12.7 Å². The average molecular weight is 694 g/mol. The van der Waals surface area contributed by atoms with Crippen molar-refractivity contribution in [3.8, 4) is 22.6 Å². The van der Waals surface area contributed by atoms with Crippen LogP contribution in [0.4, 0.5) is 13.2 Å². The Morgan fingerprint density at radius 3 is 2.42 bits per heavy atom. The Hall–Kier alpha value is -3.98. The number of benzene rings is 1. The summed E-state index contributed by atoms with van der Waals surface area (Å²) in [6.45, 7) is -0.377. The Balaban J connectivity index is 1.21. The monoisotopic (exact) mass is 693 g/mol. The van der Waals surface area contributed by atoms with Crippen LogP contribution in [0.2, 0.25) is 0 Å². The van der Waals surface area contributed by atoms with Crippen molar-refractivity contribution in [2.45, 2.75) is 47.2 Å². The third-order valence-electron chi connectivity index (χ3n) is 8.10. The first kappa shape index (κ1) is 33.9. The van der Waals surface area contributed by atoms with Crippen molar-refractivity contribution in [1.82, 2.24) is 35.0 Å². The van der Waals surface area contributed by atoms with E-state index in [1.807, 2.05) is 0 Å². The highest BCUT2D eigenvalue weighted by Gasteiger charge is 2.49. The van der Waals surface area contributed by atoms with E-state index in [4.69, 9.17) is 18.9 Å². The highest BCUT2D eigenvalue weighted by molar-refractivity contribution is 8.00. The first-order valence-electron chi connectivity index (χ1n) is 14.6. The molecule has 19 heteroatoms. The third-order valence-corrected chi connectivity index (χ3v) is 9.52. The maximum absolute atomic E-state index is 13.9. The van der Waals surface area contributed by atoms with E-state index >= 15 is 0 Å². The number of esters is 1. The Morgan fingerprint density at radius 1 is 1.00 bits per heavy atom. The van der Waals surface area contributed by atoms with E-state index in [1.54, 1.807) is 18.3 Å². The zero-order chi connectivity index (χ0) is 34.1. The summed E-state index contributed by atoms with van der Waals surface area (Å²) in [6, 6.07) is 4.61. The summed E-state index contributed by atoms with van der Waals surface area (Å²) in [5.74, 6) is -5.05.